The summed E-state index contributed by atoms with van der Waals surface area (Å²) in [5, 5.41) is 2.84. The van der Waals surface area contributed by atoms with E-state index in [-0.39, 0.29) is 0 Å². The Balaban J connectivity index is 2.98. The monoisotopic (exact) mass is 194 g/mol. The zero-order chi connectivity index (χ0) is 10.6. The minimum Gasteiger partial charge on any atom is -0.497 e. The lowest BCUT2D eigenvalue weighted by Gasteiger charge is -2.13. The molecule has 0 aliphatic heterocycles. The van der Waals surface area contributed by atoms with Crippen LogP contribution in [-0.2, 0) is 4.79 Å². The summed E-state index contributed by atoms with van der Waals surface area (Å²) in [5.74, 6) is 0.310. The Bertz CT molecular complexity index is 326. The van der Waals surface area contributed by atoms with E-state index in [9.17, 15) is 4.79 Å². The molecule has 14 heavy (non-hydrogen) atoms. The fourth-order valence-corrected chi connectivity index (χ4v) is 1.29. The second-order valence-electron chi connectivity index (χ2n) is 2.90. The van der Waals surface area contributed by atoms with Gasteiger partial charge in [0.15, 0.2) is 0 Å². The van der Waals surface area contributed by atoms with Crippen molar-refractivity contribution < 1.29 is 9.53 Å². The number of nitrogens with two attached hydrogens (primary N) is 1. The molecule has 0 saturated heterocycles. The molecule has 3 N–H and O–H groups in total. The van der Waals surface area contributed by atoms with Gasteiger partial charge >= 0.3 is 0 Å². The van der Waals surface area contributed by atoms with Gasteiger partial charge in [0.1, 0.15) is 11.8 Å². The summed E-state index contributed by atoms with van der Waals surface area (Å²) in [7, 11) is 3.27. The number of carbonyl (C=O) groups is 1. The molecule has 0 fully saturated rings. The third kappa shape index (κ3) is 2.23. The molecule has 1 atom stereocenters. The first-order valence-electron chi connectivity index (χ1n) is 4.29. The largest absolute Gasteiger partial charge is 0.497 e. The highest BCUT2D eigenvalue weighted by Crippen LogP contribution is 2.18. The molecule has 0 aliphatic rings. The maximum atomic E-state index is 11.0. The van der Waals surface area contributed by atoms with Crippen molar-refractivity contribution >= 4 is 5.91 Å². The van der Waals surface area contributed by atoms with Crippen molar-refractivity contribution in [3.8, 4) is 5.75 Å². The van der Waals surface area contributed by atoms with Gasteiger partial charge in [-0.25, -0.2) is 0 Å². The first-order valence-corrected chi connectivity index (χ1v) is 4.29. The van der Waals surface area contributed by atoms with Gasteiger partial charge in [-0.2, -0.15) is 0 Å². The van der Waals surface area contributed by atoms with Crippen LogP contribution in [0.25, 0.3) is 0 Å². The molecule has 0 heterocycles. The molecule has 1 rings (SSSR count). The van der Waals surface area contributed by atoms with E-state index in [0.717, 1.165) is 5.56 Å². The molecule has 1 aromatic carbocycles. The highest BCUT2D eigenvalue weighted by molar-refractivity contribution is 5.81. The minimum absolute atomic E-state index is 0.402. The molecule has 76 valence electrons. The van der Waals surface area contributed by atoms with Gasteiger partial charge < -0.3 is 15.8 Å². The first kappa shape index (κ1) is 10.5. The smallest absolute Gasteiger partial charge is 0.239 e. The number of benzene rings is 1. The van der Waals surface area contributed by atoms with E-state index >= 15 is 0 Å². The van der Waals surface area contributed by atoms with Gasteiger partial charge in [-0.1, -0.05) is 12.1 Å². The number of ether oxygens (including phenoxy) is 1. The fraction of sp³-hybridized carbons (Fsp3) is 0.300. The van der Waals surface area contributed by atoms with Crippen molar-refractivity contribution in [3.63, 3.8) is 0 Å². The van der Waals surface area contributed by atoms with Gasteiger partial charge in [0, 0.05) is 0 Å². The number of rotatable bonds is 4. The lowest BCUT2D eigenvalue weighted by Crippen LogP contribution is -2.31. The van der Waals surface area contributed by atoms with Crippen molar-refractivity contribution in [1.82, 2.24) is 5.32 Å². The van der Waals surface area contributed by atoms with E-state index in [1.165, 1.54) is 0 Å². The standard InChI is InChI=1S/C10H14N2O2/c1-12-9(10(11)13)7-4-3-5-8(6-7)14-2/h3-6,9,12H,1-2H3,(H2,11,13). The van der Waals surface area contributed by atoms with Crippen LogP contribution in [0.15, 0.2) is 24.3 Å². The van der Waals surface area contributed by atoms with E-state index in [1.807, 2.05) is 18.2 Å². The van der Waals surface area contributed by atoms with Gasteiger partial charge in [-0.15, -0.1) is 0 Å². The average molecular weight is 194 g/mol. The van der Waals surface area contributed by atoms with Gasteiger partial charge in [0.05, 0.1) is 7.11 Å². The molecule has 0 aromatic heterocycles. The molecule has 0 spiro atoms. The van der Waals surface area contributed by atoms with E-state index in [4.69, 9.17) is 10.5 Å². The van der Waals surface area contributed by atoms with Gasteiger partial charge in [0.25, 0.3) is 0 Å². The molecule has 1 unspecified atom stereocenters. The quantitative estimate of drug-likeness (QED) is 0.731. The lowest BCUT2D eigenvalue weighted by atomic mass is 10.1. The number of primary amides is 1. The molecule has 0 radical (unpaired) electrons. The molecule has 4 heteroatoms. The topological polar surface area (TPSA) is 64.3 Å². The van der Waals surface area contributed by atoms with Crippen LogP contribution in [-0.4, -0.2) is 20.1 Å². The van der Waals surface area contributed by atoms with Gasteiger partial charge in [-0.3, -0.25) is 4.79 Å². The Morgan fingerprint density at radius 2 is 2.29 bits per heavy atom. The van der Waals surface area contributed by atoms with Crippen molar-refractivity contribution in [2.75, 3.05) is 14.2 Å². The van der Waals surface area contributed by atoms with Crippen LogP contribution in [0.2, 0.25) is 0 Å². The third-order valence-corrected chi connectivity index (χ3v) is 2.00. The number of hydrogen-bond donors (Lipinski definition) is 2. The van der Waals surface area contributed by atoms with Crippen LogP contribution in [0.3, 0.4) is 0 Å². The number of likely N-dealkylation sites (N-methyl/N-ethyl adjacent to an activating group) is 1. The van der Waals surface area contributed by atoms with Crippen molar-refractivity contribution in [2.45, 2.75) is 6.04 Å². The lowest BCUT2D eigenvalue weighted by molar-refractivity contribution is -0.120. The number of amides is 1. The summed E-state index contributed by atoms with van der Waals surface area (Å²) in [6.07, 6.45) is 0. The second kappa shape index (κ2) is 4.62. The first-order chi connectivity index (χ1) is 6.69. The number of hydrogen-bond acceptors (Lipinski definition) is 3. The van der Waals surface area contributed by atoms with Gasteiger partial charge in [0.2, 0.25) is 5.91 Å². The van der Waals surface area contributed by atoms with Crippen molar-refractivity contribution in [1.29, 1.82) is 0 Å². The van der Waals surface area contributed by atoms with E-state index < -0.39 is 11.9 Å². The van der Waals surface area contributed by atoms with Crippen LogP contribution >= 0.6 is 0 Å². The highest BCUT2D eigenvalue weighted by Gasteiger charge is 2.15. The van der Waals surface area contributed by atoms with E-state index in [1.54, 1.807) is 20.2 Å². The molecular formula is C10H14N2O2. The summed E-state index contributed by atoms with van der Waals surface area (Å²) < 4.78 is 5.05. The second-order valence-corrected chi connectivity index (χ2v) is 2.90. The molecule has 1 amide bonds. The molecule has 0 saturated carbocycles. The Labute approximate surface area is 83.1 Å². The average Bonchev–Trinajstić information content (AvgIpc) is 2.19. The molecule has 1 aromatic rings. The summed E-state index contributed by atoms with van der Waals surface area (Å²) in [6, 6.07) is 6.78. The maximum absolute atomic E-state index is 11.0. The molecule has 4 nitrogen and oxygen atoms in total. The van der Waals surface area contributed by atoms with Crippen molar-refractivity contribution in [2.24, 2.45) is 5.73 Å². The van der Waals surface area contributed by atoms with E-state index in [0.29, 0.717) is 5.75 Å². The Kier molecular flexibility index (Phi) is 3.48. The molecule has 0 aliphatic carbocycles. The maximum Gasteiger partial charge on any atom is 0.239 e. The Morgan fingerprint density at radius 3 is 2.79 bits per heavy atom. The van der Waals surface area contributed by atoms with Crippen molar-refractivity contribution in [3.05, 3.63) is 29.8 Å². The predicted octanol–water partition coefficient (Wildman–Crippen LogP) is 0.441. The summed E-state index contributed by atoms with van der Waals surface area (Å²) in [4.78, 5) is 11.0. The van der Waals surface area contributed by atoms with Crippen LogP contribution in [0.4, 0.5) is 0 Å². The van der Waals surface area contributed by atoms with Crippen LogP contribution < -0.4 is 15.8 Å². The van der Waals surface area contributed by atoms with Crippen LogP contribution in [0.1, 0.15) is 11.6 Å². The number of nitrogens with one attached hydrogen (secondary N) is 1. The zero-order valence-corrected chi connectivity index (χ0v) is 8.28. The third-order valence-electron chi connectivity index (χ3n) is 2.00. The summed E-state index contributed by atoms with van der Waals surface area (Å²) in [5.41, 5.74) is 6.03. The summed E-state index contributed by atoms with van der Waals surface area (Å²) in [6.45, 7) is 0. The van der Waals surface area contributed by atoms with Gasteiger partial charge in [-0.05, 0) is 24.7 Å². The Morgan fingerprint density at radius 1 is 1.57 bits per heavy atom. The fourth-order valence-electron chi connectivity index (χ4n) is 1.29. The number of carbonyl (C=O) groups excluding carboxylic acids is 1. The highest BCUT2D eigenvalue weighted by atomic mass is 16.5. The van der Waals surface area contributed by atoms with Crippen LogP contribution in [0, 0.1) is 0 Å². The van der Waals surface area contributed by atoms with Crippen LogP contribution in [0.5, 0.6) is 5.75 Å². The minimum atomic E-state index is -0.468. The Hall–Kier alpha value is -1.55. The number of methoxy groups -OCH3 is 1. The molecular weight excluding hydrogens is 180 g/mol. The zero-order valence-electron chi connectivity index (χ0n) is 8.28. The SMILES string of the molecule is CNC(C(N)=O)c1cccc(OC)c1. The molecule has 0 bridgehead atoms. The summed E-state index contributed by atoms with van der Waals surface area (Å²) >= 11 is 0. The van der Waals surface area contributed by atoms with E-state index in [2.05, 4.69) is 5.32 Å². The predicted molar refractivity (Wildman–Crippen MR) is 54.0 cm³/mol. The normalized spacial score (nSPS) is 12.1.